The minimum Gasteiger partial charge on any atom is -0.342 e. The number of rotatable bonds is 6. The topological polar surface area (TPSA) is 95.6 Å². The molecule has 0 unspecified atom stereocenters. The van der Waals surface area contributed by atoms with Crippen LogP contribution in [0.15, 0.2) is 53.4 Å². The molecule has 30 heavy (non-hydrogen) atoms. The number of hydrogen-bond donors (Lipinski definition) is 2. The number of sulfonamides is 1. The Hall–Kier alpha value is -2.71. The van der Waals surface area contributed by atoms with Crippen LogP contribution < -0.4 is 10.0 Å². The molecule has 1 saturated heterocycles. The van der Waals surface area contributed by atoms with Crippen LogP contribution in [0.25, 0.3) is 0 Å². The summed E-state index contributed by atoms with van der Waals surface area (Å²) in [5.41, 5.74) is 2.57. The molecule has 0 aliphatic carbocycles. The molecule has 1 aliphatic rings. The number of amides is 2. The molecule has 0 aromatic heterocycles. The predicted molar refractivity (Wildman–Crippen MR) is 116 cm³/mol. The predicted octanol–water partition coefficient (Wildman–Crippen LogP) is 2.47. The Balaban J connectivity index is 1.50. The molecule has 1 heterocycles. The van der Waals surface area contributed by atoms with Gasteiger partial charge in [0, 0.05) is 31.7 Å². The number of likely N-dealkylation sites (tertiary alicyclic amines) is 1. The highest BCUT2D eigenvalue weighted by Crippen LogP contribution is 2.17. The summed E-state index contributed by atoms with van der Waals surface area (Å²) in [6.45, 7) is 4.39. The molecule has 160 valence electrons. The second-order valence-electron chi connectivity index (χ2n) is 7.64. The van der Waals surface area contributed by atoms with E-state index in [-0.39, 0.29) is 29.2 Å². The molecule has 0 bridgehead atoms. The lowest BCUT2D eigenvalue weighted by Crippen LogP contribution is -2.46. The number of hydrogen-bond acceptors (Lipinski definition) is 4. The normalized spacial score (nSPS) is 15.1. The van der Waals surface area contributed by atoms with E-state index < -0.39 is 10.0 Å². The molecule has 2 aromatic rings. The first-order valence-corrected chi connectivity index (χ1v) is 11.4. The summed E-state index contributed by atoms with van der Waals surface area (Å²) in [4.78, 5) is 25.7. The number of piperidine rings is 1. The van der Waals surface area contributed by atoms with E-state index in [4.69, 9.17) is 0 Å². The van der Waals surface area contributed by atoms with E-state index >= 15 is 0 Å². The van der Waals surface area contributed by atoms with Gasteiger partial charge in [0.25, 0.3) is 0 Å². The summed E-state index contributed by atoms with van der Waals surface area (Å²) >= 11 is 0. The molecule has 0 radical (unpaired) electrons. The molecule has 7 nitrogen and oxygen atoms in total. The largest absolute Gasteiger partial charge is 0.342 e. The Morgan fingerprint density at radius 2 is 1.60 bits per heavy atom. The Labute approximate surface area is 177 Å². The lowest BCUT2D eigenvalue weighted by atomic mass is 10.0. The summed E-state index contributed by atoms with van der Waals surface area (Å²) in [5, 5.41) is 2.70. The van der Waals surface area contributed by atoms with Crippen molar-refractivity contribution in [3.8, 4) is 0 Å². The number of aryl methyl sites for hydroxylation is 1. The van der Waals surface area contributed by atoms with Crippen LogP contribution in [0.1, 0.15) is 30.9 Å². The number of carbonyl (C=O) groups is 2. The first kappa shape index (κ1) is 22.0. The van der Waals surface area contributed by atoms with Gasteiger partial charge in [-0.05, 0) is 49.6 Å². The van der Waals surface area contributed by atoms with Crippen molar-refractivity contribution in [1.82, 2.24) is 9.62 Å². The molecular formula is C22H27N3O4S. The smallest absolute Gasteiger partial charge is 0.240 e. The van der Waals surface area contributed by atoms with Crippen molar-refractivity contribution >= 4 is 27.5 Å². The number of nitrogens with one attached hydrogen (secondary N) is 2. The van der Waals surface area contributed by atoms with E-state index in [0.29, 0.717) is 31.6 Å². The number of carbonyl (C=O) groups excluding carboxylic acids is 2. The van der Waals surface area contributed by atoms with Gasteiger partial charge in [0.05, 0.1) is 11.3 Å². The van der Waals surface area contributed by atoms with E-state index in [2.05, 4.69) is 10.0 Å². The van der Waals surface area contributed by atoms with Crippen LogP contribution in [0.3, 0.4) is 0 Å². The third-order valence-electron chi connectivity index (χ3n) is 5.13. The third kappa shape index (κ3) is 5.90. The van der Waals surface area contributed by atoms with Gasteiger partial charge in [-0.15, -0.1) is 0 Å². The summed E-state index contributed by atoms with van der Waals surface area (Å²) in [6.07, 6.45) is 1.44. The Morgan fingerprint density at radius 3 is 2.17 bits per heavy atom. The third-order valence-corrected chi connectivity index (χ3v) is 6.67. The van der Waals surface area contributed by atoms with Gasteiger partial charge in [-0.25, -0.2) is 13.1 Å². The van der Waals surface area contributed by atoms with Gasteiger partial charge in [0.2, 0.25) is 21.8 Å². The van der Waals surface area contributed by atoms with E-state index in [1.165, 1.54) is 6.92 Å². The lowest BCUT2D eigenvalue weighted by Gasteiger charge is -2.32. The molecule has 2 aromatic carbocycles. The van der Waals surface area contributed by atoms with Gasteiger partial charge in [0.1, 0.15) is 0 Å². The fraction of sp³-hybridized carbons (Fsp3) is 0.364. The van der Waals surface area contributed by atoms with E-state index in [1.807, 2.05) is 19.1 Å². The van der Waals surface area contributed by atoms with E-state index in [0.717, 1.165) is 11.1 Å². The monoisotopic (exact) mass is 429 g/mol. The fourth-order valence-corrected chi connectivity index (χ4v) is 4.75. The summed E-state index contributed by atoms with van der Waals surface area (Å²) in [7, 11) is -3.56. The van der Waals surface area contributed by atoms with Crippen LogP contribution >= 0.6 is 0 Å². The summed E-state index contributed by atoms with van der Waals surface area (Å²) in [5.74, 6) is -0.123. The van der Waals surface area contributed by atoms with Crippen molar-refractivity contribution in [3.63, 3.8) is 0 Å². The van der Waals surface area contributed by atoms with Crippen molar-refractivity contribution in [2.24, 2.45) is 0 Å². The van der Waals surface area contributed by atoms with Crippen molar-refractivity contribution in [2.45, 2.75) is 44.0 Å². The molecule has 2 N–H and O–H groups in total. The second-order valence-corrected chi connectivity index (χ2v) is 9.36. The molecule has 8 heteroatoms. The van der Waals surface area contributed by atoms with Gasteiger partial charge >= 0.3 is 0 Å². The molecule has 0 atom stereocenters. The maximum Gasteiger partial charge on any atom is 0.240 e. The standard InChI is InChI=1S/C22H27N3O4S/c1-16-3-9-21(10-4-16)30(28,29)24-20-11-13-25(14-12-20)22(27)15-18-5-7-19(8-6-18)23-17(2)26/h3-10,20,24H,11-15H2,1-2H3,(H,23,26). The quantitative estimate of drug-likeness (QED) is 0.737. The molecular weight excluding hydrogens is 402 g/mol. The van der Waals surface area contributed by atoms with Crippen LogP contribution in [0, 0.1) is 6.92 Å². The van der Waals surface area contributed by atoms with E-state index in [1.54, 1.807) is 41.3 Å². The SMILES string of the molecule is CC(=O)Nc1ccc(CC(=O)N2CCC(NS(=O)(=O)c3ccc(C)cc3)CC2)cc1. The minimum atomic E-state index is -3.56. The Kier molecular flexibility index (Phi) is 6.89. The highest BCUT2D eigenvalue weighted by molar-refractivity contribution is 7.89. The average molecular weight is 430 g/mol. The zero-order chi connectivity index (χ0) is 21.7. The van der Waals surface area contributed by atoms with Crippen LogP contribution in [0.4, 0.5) is 5.69 Å². The maximum atomic E-state index is 12.6. The van der Waals surface area contributed by atoms with Gasteiger partial charge in [-0.1, -0.05) is 29.8 Å². The van der Waals surface area contributed by atoms with Crippen LogP contribution in [0.2, 0.25) is 0 Å². The Bertz CT molecular complexity index is 994. The second kappa shape index (κ2) is 9.40. The zero-order valence-electron chi connectivity index (χ0n) is 17.2. The van der Waals surface area contributed by atoms with Crippen molar-refractivity contribution in [3.05, 3.63) is 59.7 Å². The lowest BCUT2D eigenvalue weighted by molar-refractivity contribution is -0.131. The van der Waals surface area contributed by atoms with Crippen molar-refractivity contribution < 1.29 is 18.0 Å². The van der Waals surface area contributed by atoms with Gasteiger partial charge in [-0.2, -0.15) is 0 Å². The molecule has 2 amide bonds. The number of nitrogens with zero attached hydrogens (tertiary/aromatic N) is 1. The molecule has 1 fully saturated rings. The Morgan fingerprint density at radius 1 is 1.00 bits per heavy atom. The fourth-order valence-electron chi connectivity index (χ4n) is 3.45. The first-order valence-electron chi connectivity index (χ1n) is 9.96. The van der Waals surface area contributed by atoms with Gasteiger partial charge in [-0.3, -0.25) is 9.59 Å². The van der Waals surface area contributed by atoms with Crippen molar-refractivity contribution in [1.29, 1.82) is 0 Å². The minimum absolute atomic E-state index is 0.0159. The zero-order valence-corrected chi connectivity index (χ0v) is 18.0. The molecule has 0 spiro atoms. The highest BCUT2D eigenvalue weighted by Gasteiger charge is 2.26. The van der Waals surface area contributed by atoms with Crippen LogP contribution in [-0.2, 0) is 26.0 Å². The van der Waals surface area contributed by atoms with Gasteiger partial charge < -0.3 is 10.2 Å². The summed E-state index contributed by atoms with van der Waals surface area (Å²) in [6, 6.07) is 13.8. The number of anilines is 1. The molecule has 3 rings (SSSR count). The van der Waals surface area contributed by atoms with E-state index in [9.17, 15) is 18.0 Å². The van der Waals surface area contributed by atoms with Gasteiger partial charge in [0.15, 0.2) is 0 Å². The molecule has 0 saturated carbocycles. The first-order chi connectivity index (χ1) is 14.2. The van der Waals surface area contributed by atoms with Crippen LogP contribution in [-0.4, -0.2) is 44.3 Å². The number of benzene rings is 2. The maximum absolute atomic E-state index is 12.6. The molecule has 1 aliphatic heterocycles. The summed E-state index contributed by atoms with van der Waals surface area (Å²) < 4.78 is 27.9. The van der Waals surface area contributed by atoms with Crippen molar-refractivity contribution in [2.75, 3.05) is 18.4 Å². The van der Waals surface area contributed by atoms with Crippen LogP contribution in [0.5, 0.6) is 0 Å². The average Bonchev–Trinajstić information content (AvgIpc) is 2.69. The highest BCUT2D eigenvalue weighted by atomic mass is 32.2.